The van der Waals surface area contributed by atoms with Gasteiger partial charge in [0.15, 0.2) is 0 Å². The van der Waals surface area contributed by atoms with Crippen LogP contribution in [-0.2, 0) is 23.4 Å². The van der Waals surface area contributed by atoms with Gasteiger partial charge in [-0.2, -0.15) is 8.42 Å². The summed E-state index contributed by atoms with van der Waals surface area (Å²) in [6, 6.07) is 12.4. The van der Waals surface area contributed by atoms with Crippen LogP contribution in [0, 0.1) is 20.8 Å². The summed E-state index contributed by atoms with van der Waals surface area (Å²) in [5, 5.41) is 0. The van der Waals surface area contributed by atoms with E-state index in [-0.39, 0.29) is 18.9 Å². The second-order valence-corrected chi connectivity index (χ2v) is 9.61. The van der Waals surface area contributed by atoms with E-state index >= 15 is 0 Å². The van der Waals surface area contributed by atoms with Gasteiger partial charge in [-0.25, -0.2) is 0 Å². The molecule has 31 heavy (non-hydrogen) atoms. The van der Waals surface area contributed by atoms with Crippen molar-refractivity contribution in [2.45, 2.75) is 27.2 Å². The third kappa shape index (κ3) is 8.59. The zero-order valence-electron chi connectivity index (χ0n) is 17.1. The fourth-order valence-electron chi connectivity index (χ4n) is 2.88. The standard InChI is InChI=1S/C21H21N3O3S.2ClH.Fe/c1-15-11-16(2)21(17(3)12-15)22-13-18-9-10-19(24-18)14-23-28(25,26)27-20-7-5-4-6-8-20;;;/h4-9,11-14H,10H2,1-3H3;2*1H;/q;;;+2/p-2/b22-13?,23-14+;;;. The molecule has 2 aromatic carbocycles. The van der Waals surface area contributed by atoms with Gasteiger partial charge in [0.05, 0.1) is 29.5 Å². The van der Waals surface area contributed by atoms with Gasteiger partial charge in [-0.3, -0.25) is 9.98 Å². The maximum atomic E-state index is 11.9. The SMILES string of the molecule is Cc1cc(C)c(N=CC2=CCC(/C=N/S(=O)(=O)Oc3ccccc3)=N2)c(C)c1.[Cl][Fe][Cl]. The molecule has 1 aliphatic heterocycles. The van der Waals surface area contributed by atoms with E-state index < -0.39 is 10.3 Å². The Labute approximate surface area is 197 Å². The van der Waals surface area contributed by atoms with Crippen molar-refractivity contribution in [1.82, 2.24) is 0 Å². The number of benzene rings is 2. The minimum absolute atomic E-state index is 0.194. The fraction of sp³-hybridized carbons (Fsp3) is 0.190. The quantitative estimate of drug-likeness (QED) is 0.355. The molecule has 0 bridgehead atoms. The molecule has 0 radical (unpaired) electrons. The van der Waals surface area contributed by atoms with Crippen LogP contribution >= 0.6 is 20.2 Å². The molecule has 0 fully saturated rings. The average molecular weight is 522 g/mol. The maximum absolute atomic E-state index is 11.9. The Morgan fingerprint density at radius 3 is 2.29 bits per heavy atom. The van der Waals surface area contributed by atoms with E-state index in [1.165, 1.54) is 11.8 Å². The van der Waals surface area contributed by atoms with Gasteiger partial charge in [0.25, 0.3) is 0 Å². The third-order valence-corrected chi connectivity index (χ3v) is 4.80. The summed E-state index contributed by atoms with van der Waals surface area (Å²) in [6.45, 7) is 6.10. The van der Waals surface area contributed by atoms with Crippen molar-refractivity contribution in [3.63, 3.8) is 0 Å². The first-order valence-electron chi connectivity index (χ1n) is 9.03. The number of aryl methyl sites for hydroxylation is 3. The summed E-state index contributed by atoms with van der Waals surface area (Å²) in [7, 11) is 5.45. The zero-order chi connectivity index (χ0) is 22.9. The van der Waals surface area contributed by atoms with Crippen molar-refractivity contribution < 1.29 is 25.7 Å². The van der Waals surface area contributed by atoms with Gasteiger partial charge < -0.3 is 4.18 Å². The Hall–Kier alpha value is -1.96. The molecule has 0 unspecified atom stereocenters. The molecule has 0 N–H and O–H groups in total. The Bertz CT molecular complexity index is 1110. The van der Waals surface area contributed by atoms with E-state index in [9.17, 15) is 8.42 Å². The van der Waals surface area contributed by atoms with Crippen LogP contribution in [-0.4, -0.2) is 26.6 Å². The average Bonchev–Trinajstić information content (AvgIpc) is 3.15. The van der Waals surface area contributed by atoms with Crippen LogP contribution < -0.4 is 4.18 Å². The van der Waals surface area contributed by atoms with E-state index in [1.807, 2.05) is 19.9 Å². The van der Waals surface area contributed by atoms with Gasteiger partial charge in [-0.1, -0.05) is 42.0 Å². The molecule has 0 aromatic heterocycles. The Kier molecular flexibility index (Phi) is 9.93. The molecule has 0 saturated heterocycles. The molecule has 2 aromatic rings. The summed E-state index contributed by atoms with van der Waals surface area (Å²) in [6.07, 6.45) is 5.24. The molecule has 0 spiro atoms. The van der Waals surface area contributed by atoms with E-state index in [1.54, 1.807) is 36.5 Å². The van der Waals surface area contributed by atoms with Crippen molar-refractivity contribution in [2.24, 2.45) is 14.4 Å². The van der Waals surface area contributed by atoms with E-state index in [0.717, 1.165) is 16.8 Å². The number of allylic oxidation sites excluding steroid dienone is 2. The first kappa shape index (κ1) is 25.3. The van der Waals surface area contributed by atoms with Gasteiger partial charge in [0.1, 0.15) is 5.75 Å². The van der Waals surface area contributed by atoms with Gasteiger partial charge >= 0.3 is 43.6 Å². The van der Waals surface area contributed by atoms with Gasteiger partial charge in [-0.05, 0) is 44.0 Å². The number of halogens is 2. The molecule has 6 nitrogen and oxygen atoms in total. The summed E-state index contributed by atoms with van der Waals surface area (Å²) in [4.78, 5) is 8.89. The molecule has 3 rings (SSSR count). The molecule has 1 aliphatic rings. The first-order chi connectivity index (χ1) is 14.7. The van der Waals surface area contributed by atoms with Crippen molar-refractivity contribution in [3.8, 4) is 5.75 Å². The van der Waals surface area contributed by atoms with Crippen LogP contribution in [0.5, 0.6) is 5.75 Å². The summed E-state index contributed by atoms with van der Waals surface area (Å²) < 4.78 is 32.3. The number of hydrogen-bond acceptors (Lipinski definition) is 5. The second kappa shape index (κ2) is 12.2. The predicted octanol–water partition coefficient (Wildman–Crippen LogP) is 5.81. The van der Waals surface area contributed by atoms with Gasteiger partial charge in [0.2, 0.25) is 0 Å². The summed E-state index contributed by atoms with van der Waals surface area (Å²) in [5.41, 5.74) is 5.51. The summed E-state index contributed by atoms with van der Waals surface area (Å²) >= 11 is 0.194. The third-order valence-electron chi connectivity index (χ3n) is 4.03. The van der Waals surface area contributed by atoms with Crippen LogP contribution in [0.4, 0.5) is 5.69 Å². The van der Waals surface area contributed by atoms with Crippen LogP contribution in [0.15, 0.2) is 68.6 Å². The fourth-order valence-corrected chi connectivity index (χ4v) is 3.53. The molecule has 0 aliphatic carbocycles. The molecule has 10 heteroatoms. The number of nitrogens with zero attached hydrogens (tertiary/aromatic N) is 3. The van der Waals surface area contributed by atoms with E-state index in [0.29, 0.717) is 17.8 Å². The Balaban J connectivity index is 0.00000107. The molecular formula is C21H21Cl2FeN3O3S. The molecular weight excluding hydrogens is 501 g/mol. The topological polar surface area (TPSA) is 80.5 Å². The van der Waals surface area contributed by atoms with Crippen LogP contribution in [0.25, 0.3) is 0 Å². The van der Waals surface area contributed by atoms with Gasteiger partial charge in [-0.15, -0.1) is 4.40 Å². The van der Waals surface area contributed by atoms with Crippen molar-refractivity contribution in [1.29, 1.82) is 0 Å². The number of rotatable bonds is 6. The molecule has 0 saturated carbocycles. The van der Waals surface area contributed by atoms with Crippen molar-refractivity contribution >= 4 is 54.3 Å². The molecule has 1 heterocycles. The summed E-state index contributed by atoms with van der Waals surface area (Å²) in [5.74, 6) is 0.211. The van der Waals surface area contributed by atoms with Gasteiger partial charge in [0, 0.05) is 6.42 Å². The predicted molar refractivity (Wildman–Crippen MR) is 125 cm³/mol. The van der Waals surface area contributed by atoms with E-state index in [2.05, 4.69) is 33.4 Å². The van der Waals surface area contributed by atoms with Crippen LogP contribution in [0.1, 0.15) is 23.1 Å². The van der Waals surface area contributed by atoms with Crippen molar-refractivity contribution in [2.75, 3.05) is 0 Å². The zero-order valence-corrected chi connectivity index (χ0v) is 20.5. The van der Waals surface area contributed by atoms with Crippen LogP contribution in [0.2, 0.25) is 0 Å². The molecule has 0 amide bonds. The second-order valence-electron chi connectivity index (χ2n) is 6.55. The minimum atomic E-state index is -4.08. The number of para-hydroxylation sites is 1. The van der Waals surface area contributed by atoms with Crippen molar-refractivity contribution in [3.05, 3.63) is 70.9 Å². The Morgan fingerprint density at radius 2 is 1.68 bits per heavy atom. The number of hydrogen-bond donors (Lipinski definition) is 0. The Morgan fingerprint density at radius 1 is 1.06 bits per heavy atom. The molecule has 0 atom stereocenters. The van der Waals surface area contributed by atoms with Crippen LogP contribution in [0.3, 0.4) is 0 Å². The molecule has 166 valence electrons. The monoisotopic (exact) mass is 521 g/mol. The first-order valence-corrected chi connectivity index (χ1v) is 13.4. The normalized spacial score (nSPS) is 13.8. The van der Waals surface area contributed by atoms with E-state index in [4.69, 9.17) is 24.4 Å². The number of aliphatic imine (C=N–C) groups is 2.